The average molecular weight is 385 g/mol. The summed E-state index contributed by atoms with van der Waals surface area (Å²) in [7, 11) is 0. The third-order valence-corrected chi connectivity index (χ3v) is 5.02. The molecule has 148 valence electrons. The molecule has 0 bridgehead atoms. The molecule has 1 aromatic heterocycles. The van der Waals surface area contributed by atoms with Crippen LogP contribution in [0.15, 0.2) is 36.9 Å². The van der Waals surface area contributed by atoms with Crippen LogP contribution in [-0.4, -0.2) is 40.5 Å². The predicted octanol–water partition coefficient (Wildman–Crippen LogP) is 2.30. The lowest BCUT2D eigenvalue weighted by Gasteiger charge is -2.24. The molecule has 1 aromatic carbocycles. The van der Waals surface area contributed by atoms with E-state index in [9.17, 15) is 14.4 Å². The fourth-order valence-electron chi connectivity index (χ4n) is 3.48. The van der Waals surface area contributed by atoms with E-state index in [1.807, 2.05) is 0 Å². The number of ketones is 1. The zero-order valence-corrected chi connectivity index (χ0v) is 15.7. The van der Waals surface area contributed by atoms with Crippen LogP contribution in [0.5, 0.6) is 0 Å². The first-order chi connectivity index (χ1) is 13.5. The monoisotopic (exact) mass is 385 g/mol. The van der Waals surface area contributed by atoms with E-state index < -0.39 is 17.4 Å². The van der Waals surface area contributed by atoms with Crippen LogP contribution in [-0.2, 0) is 19.1 Å². The highest BCUT2D eigenvalue weighted by Gasteiger charge is 2.49. The van der Waals surface area contributed by atoms with Gasteiger partial charge in [-0.05, 0) is 38.0 Å². The van der Waals surface area contributed by atoms with E-state index in [0.29, 0.717) is 36.2 Å². The second kappa shape index (κ2) is 8.24. The second-order valence-corrected chi connectivity index (χ2v) is 6.71. The number of nitrogens with zero attached hydrogens (tertiary/aromatic N) is 2. The van der Waals surface area contributed by atoms with Crippen LogP contribution in [0.2, 0.25) is 0 Å². The summed E-state index contributed by atoms with van der Waals surface area (Å²) in [5.41, 5.74) is 6.20. The maximum atomic E-state index is 12.4. The largest absolute Gasteiger partial charge is 0.465 e. The number of benzene rings is 1. The van der Waals surface area contributed by atoms with Crippen molar-refractivity contribution in [3.05, 3.63) is 42.5 Å². The van der Waals surface area contributed by atoms with E-state index in [2.05, 4.69) is 4.98 Å². The Labute approximate surface area is 162 Å². The van der Waals surface area contributed by atoms with Gasteiger partial charge in [-0.15, -0.1) is 0 Å². The Morgan fingerprint density at radius 3 is 2.79 bits per heavy atom. The standard InChI is InChI=1S/C20H23N3O5/c1-2-27-19(26)20(7-3-4-17(20)24)8-11-28-18(25)14-5-6-15(21)16(12-14)23-10-9-22-13-23/h5-6,9-10,12-13H,2-4,7-8,11,21H2,1H3. The van der Waals surface area contributed by atoms with E-state index in [1.54, 1.807) is 48.4 Å². The van der Waals surface area contributed by atoms with E-state index in [4.69, 9.17) is 15.2 Å². The van der Waals surface area contributed by atoms with Crippen LogP contribution >= 0.6 is 0 Å². The van der Waals surface area contributed by atoms with Gasteiger partial charge in [-0.3, -0.25) is 9.59 Å². The van der Waals surface area contributed by atoms with Crippen LogP contribution < -0.4 is 5.73 Å². The van der Waals surface area contributed by atoms with Crippen molar-refractivity contribution in [2.45, 2.75) is 32.6 Å². The zero-order chi connectivity index (χ0) is 20.1. The van der Waals surface area contributed by atoms with Crippen LogP contribution in [0.4, 0.5) is 5.69 Å². The molecule has 1 unspecified atom stereocenters. The Hall–Kier alpha value is -3.16. The lowest BCUT2D eigenvalue weighted by atomic mass is 9.82. The van der Waals surface area contributed by atoms with Crippen molar-refractivity contribution in [1.29, 1.82) is 0 Å². The van der Waals surface area contributed by atoms with E-state index in [-0.39, 0.29) is 25.4 Å². The summed E-state index contributed by atoms with van der Waals surface area (Å²) in [6.07, 6.45) is 6.44. The van der Waals surface area contributed by atoms with Crippen LogP contribution in [0.1, 0.15) is 43.0 Å². The van der Waals surface area contributed by atoms with Crippen molar-refractivity contribution in [1.82, 2.24) is 9.55 Å². The molecule has 2 N–H and O–H groups in total. The van der Waals surface area contributed by atoms with Gasteiger partial charge >= 0.3 is 11.9 Å². The highest BCUT2D eigenvalue weighted by Crippen LogP contribution is 2.39. The van der Waals surface area contributed by atoms with Gasteiger partial charge in [-0.25, -0.2) is 9.78 Å². The Bertz CT molecular complexity index is 878. The van der Waals surface area contributed by atoms with Crippen molar-refractivity contribution in [2.75, 3.05) is 18.9 Å². The molecule has 1 saturated carbocycles. The Morgan fingerprint density at radius 2 is 2.14 bits per heavy atom. The lowest BCUT2D eigenvalue weighted by molar-refractivity contribution is -0.159. The number of imidazole rings is 1. The number of rotatable bonds is 7. The third-order valence-electron chi connectivity index (χ3n) is 5.02. The molecule has 0 saturated heterocycles. The third kappa shape index (κ3) is 3.76. The number of esters is 2. The zero-order valence-electron chi connectivity index (χ0n) is 15.7. The Morgan fingerprint density at radius 1 is 1.32 bits per heavy atom. The smallest absolute Gasteiger partial charge is 0.338 e. The number of hydrogen-bond donors (Lipinski definition) is 1. The maximum absolute atomic E-state index is 12.4. The van der Waals surface area contributed by atoms with Crippen molar-refractivity contribution >= 4 is 23.4 Å². The molecule has 0 aliphatic heterocycles. The summed E-state index contributed by atoms with van der Waals surface area (Å²) in [4.78, 5) is 41.1. The molecule has 8 heteroatoms. The van der Waals surface area contributed by atoms with Gasteiger partial charge in [0.05, 0.1) is 36.5 Å². The fraction of sp³-hybridized carbons (Fsp3) is 0.400. The van der Waals surface area contributed by atoms with Gasteiger partial charge in [0.2, 0.25) is 0 Å². The van der Waals surface area contributed by atoms with Gasteiger partial charge in [0.25, 0.3) is 0 Å². The molecule has 28 heavy (non-hydrogen) atoms. The maximum Gasteiger partial charge on any atom is 0.338 e. The molecular formula is C20H23N3O5. The van der Waals surface area contributed by atoms with Crippen LogP contribution in [0.25, 0.3) is 5.69 Å². The van der Waals surface area contributed by atoms with Crippen LogP contribution in [0, 0.1) is 5.41 Å². The molecule has 2 aromatic rings. The number of carbonyl (C=O) groups excluding carboxylic acids is 3. The first-order valence-corrected chi connectivity index (χ1v) is 9.23. The summed E-state index contributed by atoms with van der Waals surface area (Å²) < 4.78 is 12.1. The quantitative estimate of drug-likeness (QED) is 0.442. The topological polar surface area (TPSA) is 114 Å². The molecule has 1 heterocycles. The van der Waals surface area contributed by atoms with E-state index >= 15 is 0 Å². The highest BCUT2D eigenvalue weighted by molar-refractivity contribution is 6.05. The van der Waals surface area contributed by atoms with Gasteiger partial charge in [-0.1, -0.05) is 0 Å². The second-order valence-electron chi connectivity index (χ2n) is 6.71. The summed E-state index contributed by atoms with van der Waals surface area (Å²) in [6, 6.07) is 4.80. The number of aromatic nitrogens is 2. The van der Waals surface area contributed by atoms with Crippen molar-refractivity contribution in [2.24, 2.45) is 5.41 Å². The molecule has 1 atom stereocenters. The Balaban J connectivity index is 1.68. The number of nitrogen functional groups attached to an aromatic ring is 1. The molecule has 3 rings (SSSR count). The van der Waals surface area contributed by atoms with Crippen molar-refractivity contribution in [3.63, 3.8) is 0 Å². The van der Waals surface area contributed by atoms with Crippen LogP contribution in [0.3, 0.4) is 0 Å². The predicted molar refractivity (Wildman–Crippen MR) is 101 cm³/mol. The highest BCUT2D eigenvalue weighted by atomic mass is 16.5. The first kappa shape index (κ1) is 19.6. The summed E-state index contributed by atoms with van der Waals surface area (Å²) in [6.45, 7) is 1.86. The van der Waals surface area contributed by atoms with Gasteiger partial charge in [0, 0.05) is 25.2 Å². The van der Waals surface area contributed by atoms with Gasteiger partial charge in [0.15, 0.2) is 0 Å². The number of anilines is 1. The van der Waals surface area contributed by atoms with E-state index in [1.165, 1.54) is 0 Å². The molecule has 8 nitrogen and oxygen atoms in total. The summed E-state index contributed by atoms with van der Waals surface area (Å²) in [5, 5.41) is 0. The minimum absolute atomic E-state index is 0.0474. The SMILES string of the molecule is CCOC(=O)C1(CCOC(=O)c2ccc(N)c(-n3ccnc3)c2)CCCC1=O. The minimum Gasteiger partial charge on any atom is -0.465 e. The van der Waals surface area contributed by atoms with Crippen molar-refractivity contribution < 1.29 is 23.9 Å². The number of ether oxygens (including phenoxy) is 2. The number of Topliss-reactive ketones (excluding diaryl/α,β-unsaturated/α-hetero) is 1. The van der Waals surface area contributed by atoms with E-state index in [0.717, 1.165) is 0 Å². The average Bonchev–Trinajstić information content (AvgIpc) is 3.33. The molecule has 0 amide bonds. The normalized spacial score (nSPS) is 18.8. The molecule has 0 radical (unpaired) electrons. The number of hydrogen-bond acceptors (Lipinski definition) is 7. The summed E-state index contributed by atoms with van der Waals surface area (Å²) in [5.74, 6) is -1.22. The van der Waals surface area contributed by atoms with Gasteiger partial charge < -0.3 is 19.8 Å². The van der Waals surface area contributed by atoms with Gasteiger partial charge in [0.1, 0.15) is 11.2 Å². The summed E-state index contributed by atoms with van der Waals surface area (Å²) >= 11 is 0. The van der Waals surface area contributed by atoms with Gasteiger partial charge in [-0.2, -0.15) is 0 Å². The first-order valence-electron chi connectivity index (χ1n) is 9.23. The molecular weight excluding hydrogens is 362 g/mol. The lowest BCUT2D eigenvalue weighted by Crippen LogP contribution is -2.38. The molecule has 1 fully saturated rings. The molecule has 0 spiro atoms. The minimum atomic E-state index is -1.20. The van der Waals surface area contributed by atoms with Crippen molar-refractivity contribution in [3.8, 4) is 5.69 Å². The molecule has 1 aliphatic carbocycles. The molecule has 1 aliphatic rings. The fourth-order valence-corrected chi connectivity index (χ4v) is 3.48. The Kier molecular flexibility index (Phi) is 5.77. The number of nitrogens with two attached hydrogens (primary N) is 1. The number of carbonyl (C=O) groups is 3.